The van der Waals surface area contributed by atoms with Crippen LogP contribution in [0.2, 0.25) is 0 Å². The minimum Gasteiger partial charge on any atom is -0.480 e. The molecular formula is C9H11N3O2S. The second kappa shape index (κ2) is 4.08. The van der Waals surface area contributed by atoms with Crippen molar-refractivity contribution in [1.29, 1.82) is 0 Å². The van der Waals surface area contributed by atoms with Crippen LogP contribution < -0.4 is 5.73 Å². The Bertz CT molecular complexity index is 376. The van der Waals surface area contributed by atoms with E-state index < -0.39 is 12.0 Å². The molecule has 1 atom stereocenters. The molecule has 6 heteroatoms. The maximum atomic E-state index is 10.6. The number of allylic oxidation sites excluding steroid dienone is 2. The summed E-state index contributed by atoms with van der Waals surface area (Å²) in [4.78, 5) is 10.6. The largest absolute Gasteiger partial charge is 0.480 e. The van der Waals surface area contributed by atoms with Gasteiger partial charge in [0.1, 0.15) is 6.04 Å². The molecule has 0 radical (unpaired) electrons. The van der Waals surface area contributed by atoms with Crippen molar-refractivity contribution < 1.29 is 9.90 Å². The highest BCUT2D eigenvalue weighted by Gasteiger charge is 2.22. The average molecular weight is 225 g/mol. The van der Waals surface area contributed by atoms with Gasteiger partial charge >= 0.3 is 5.97 Å². The smallest absolute Gasteiger partial charge is 0.320 e. The molecular weight excluding hydrogens is 214 g/mol. The molecule has 0 aromatic rings. The molecule has 15 heavy (non-hydrogen) atoms. The Hall–Kier alpha value is -1.27. The Morgan fingerprint density at radius 2 is 2.60 bits per heavy atom. The van der Waals surface area contributed by atoms with E-state index in [-0.39, 0.29) is 0 Å². The first-order valence-electron chi connectivity index (χ1n) is 4.54. The SMILES string of the molecule is NC(CC1=C2C=NSN2CC=C1)C(=O)O. The van der Waals surface area contributed by atoms with Crippen molar-refractivity contribution in [3.8, 4) is 0 Å². The van der Waals surface area contributed by atoms with Crippen LogP contribution in [0.3, 0.4) is 0 Å². The molecule has 2 heterocycles. The third-order valence-electron chi connectivity index (χ3n) is 2.27. The molecule has 0 saturated heterocycles. The molecule has 0 aliphatic carbocycles. The van der Waals surface area contributed by atoms with Gasteiger partial charge in [0.05, 0.1) is 24.0 Å². The number of hydrogen-bond donors (Lipinski definition) is 2. The number of rotatable bonds is 3. The van der Waals surface area contributed by atoms with Crippen molar-refractivity contribution in [1.82, 2.24) is 4.31 Å². The molecule has 0 amide bonds. The zero-order valence-electron chi connectivity index (χ0n) is 7.96. The van der Waals surface area contributed by atoms with Crippen LogP contribution >= 0.6 is 12.1 Å². The Morgan fingerprint density at radius 1 is 1.80 bits per heavy atom. The predicted octanol–water partition coefficient (Wildman–Crippen LogP) is 0.562. The predicted molar refractivity (Wildman–Crippen MR) is 59.2 cm³/mol. The highest BCUT2D eigenvalue weighted by molar-refractivity contribution is 7.96. The highest BCUT2D eigenvalue weighted by atomic mass is 32.2. The van der Waals surface area contributed by atoms with E-state index in [2.05, 4.69) is 4.40 Å². The maximum Gasteiger partial charge on any atom is 0.320 e. The minimum absolute atomic E-state index is 0.338. The molecule has 0 spiro atoms. The lowest BCUT2D eigenvalue weighted by Gasteiger charge is -2.21. The van der Waals surface area contributed by atoms with Gasteiger partial charge in [-0.2, -0.15) is 0 Å². The second-order valence-electron chi connectivity index (χ2n) is 3.34. The Morgan fingerprint density at radius 3 is 3.33 bits per heavy atom. The number of carboxylic acids is 1. The molecule has 0 aromatic heterocycles. The molecule has 0 bridgehead atoms. The van der Waals surface area contributed by atoms with Crippen molar-refractivity contribution >= 4 is 24.3 Å². The van der Waals surface area contributed by atoms with Crippen LogP contribution in [0.25, 0.3) is 0 Å². The Labute approximate surface area is 91.6 Å². The fourth-order valence-electron chi connectivity index (χ4n) is 1.49. The first-order valence-corrected chi connectivity index (χ1v) is 5.27. The van der Waals surface area contributed by atoms with Gasteiger partial charge in [-0.05, 0) is 5.57 Å². The fourth-order valence-corrected chi connectivity index (χ4v) is 2.15. The van der Waals surface area contributed by atoms with Crippen molar-refractivity contribution in [2.24, 2.45) is 10.1 Å². The van der Waals surface area contributed by atoms with E-state index in [1.54, 1.807) is 6.21 Å². The van der Waals surface area contributed by atoms with Crippen LogP contribution in [-0.2, 0) is 4.79 Å². The molecule has 3 N–H and O–H groups in total. The van der Waals surface area contributed by atoms with Gasteiger partial charge < -0.3 is 10.8 Å². The number of carbonyl (C=O) groups is 1. The summed E-state index contributed by atoms with van der Waals surface area (Å²) in [6.45, 7) is 0.797. The number of hydrogen-bond acceptors (Lipinski definition) is 5. The standard InChI is InChI=1S/C9H11N3O2S/c10-7(9(13)14)4-6-2-1-3-12-8(6)5-11-15-12/h1-2,5,7H,3-4,10H2,(H,13,14). The van der Waals surface area contributed by atoms with Crippen LogP contribution in [0.4, 0.5) is 0 Å². The summed E-state index contributed by atoms with van der Waals surface area (Å²) in [5, 5.41) is 8.73. The normalized spacial score (nSPS) is 20.7. The van der Waals surface area contributed by atoms with Gasteiger partial charge in [0.2, 0.25) is 0 Å². The second-order valence-corrected chi connectivity index (χ2v) is 4.15. The summed E-state index contributed by atoms with van der Waals surface area (Å²) in [5.74, 6) is -0.976. The first kappa shape index (κ1) is 10.3. The molecule has 0 aromatic carbocycles. The average Bonchev–Trinajstić information content (AvgIpc) is 2.66. The lowest BCUT2D eigenvalue weighted by Crippen LogP contribution is -2.31. The molecule has 1 unspecified atom stereocenters. The van der Waals surface area contributed by atoms with Crippen LogP contribution in [-0.4, -0.2) is 34.2 Å². The lowest BCUT2D eigenvalue weighted by molar-refractivity contribution is -0.138. The van der Waals surface area contributed by atoms with Gasteiger partial charge in [0, 0.05) is 13.0 Å². The number of nitrogens with two attached hydrogens (primary N) is 1. The van der Waals surface area contributed by atoms with E-state index in [0.29, 0.717) is 6.42 Å². The van der Waals surface area contributed by atoms with Crippen molar-refractivity contribution in [3.63, 3.8) is 0 Å². The third kappa shape index (κ3) is 2.05. The maximum absolute atomic E-state index is 10.6. The van der Waals surface area contributed by atoms with E-state index in [4.69, 9.17) is 10.8 Å². The van der Waals surface area contributed by atoms with Gasteiger partial charge in [0.25, 0.3) is 0 Å². The van der Waals surface area contributed by atoms with Crippen molar-refractivity contribution in [2.75, 3.05) is 6.54 Å². The van der Waals surface area contributed by atoms with E-state index in [9.17, 15) is 4.79 Å². The fraction of sp³-hybridized carbons (Fsp3) is 0.333. The van der Waals surface area contributed by atoms with Gasteiger partial charge in [-0.3, -0.25) is 9.10 Å². The van der Waals surface area contributed by atoms with Crippen LogP contribution in [0.5, 0.6) is 0 Å². The lowest BCUT2D eigenvalue weighted by atomic mass is 10.0. The Balaban J connectivity index is 2.16. The number of fused-ring (bicyclic) bond motifs is 1. The molecule has 2 aliphatic heterocycles. The van der Waals surface area contributed by atoms with Crippen LogP contribution in [0.15, 0.2) is 27.8 Å². The quantitative estimate of drug-likeness (QED) is 0.686. The van der Waals surface area contributed by atoms with Crippen molar-refractivity contribution in [3.05, 3.63) is 23.4 Å². The van der Waals surface area contributed by atoms with Crippen LogP contribution in [0, 0.1) is 0 Å². The summed E-state index contributed by atoms with van der Waals surface area (Å²) in [7, 11) is 0. The summed E-state index contributed by atoms with van der Waals surface area (Å²) in [5.41, 5.74) is 7.40. The van der Waals surface area contributed by atoms with Gasteiger partial charge in [-0.25, -0.2) is 4.40 Å². The van der Waals surface area contributed by atoms with E-state index in [0.717, 1.165) is 17.8 Å². The summed E-state index contributed by atoms with van der Waals surface area (Å²) in [6.07, 6.45) is 5.99. The molecule has 0 saturated carbocycles. The zero-order chi connectivity index (χ0) is 10.8. The van der Waals surface area contributed by atoms with E-state index in [1.807, 2.05) is 16.5 Å². The number of nitrogens with zero attached hydrogens (tertiary/aromatic N) is 2. The first-order chi connectivity index (χ1) is 7.18. The molecule has 0 fully saturated rings. The number of carboxylic acid groups (broad SMARTS) is 1. The highest BCUT2D eigenvalue weighted by Crippen LogP contribution is 2.30. The molecule has 2 aliphatic rings. The zero-order valence-corrected chi connectivity index (χ0v) is 8.78. The molecule has 5 nitrogen and oxygen atoms in total. The molecule has 2 rings (SSSR count). The minimum atomic E-state index is -0.976. The van der Waals surface area contributed by atoms with Gasteiger partial charge in [-0.15, -0.1) is 0 Å². The molecule has 80 valence electrons. The van der Waals surface area contributed by atoms with E-state index >= 15 is 0 Å². The van der Waals surface area contributed by atoms with Crippen LogP contribution in [0.1, 0.15) is 6.42 Å². The topological polar surface area (TPSA) is 78.9 Å². The monoisotopic (exact) mass is 225 g/mol. The Kier molecular flexibility index (Phi) is 2.79. The summed E-state index contributed by atoms with van der Waals surface area (Å²) in [6, 6.07) is -0.851. The van der Waals surface area contributed by atoms with Gasteiger partial charge in [-0.1, -0.05) is 12.2 Å². The van der Waals surface area contributed by atoms with Gasteiger partial charge in [0.15, 0.2) is 0 Å². The summed E-state index contributed by atoms with van der Waals surface area (Å²) < 4.78 is 6.07. The summed E-state index contributed by atoms with van der Waals surface area (Å²) >= 11 is 1.37. The third-order valence-corrected chi connectivity index (χ3v) is 3.01. The van der Waals surface area contributed by atoms with E-state index in [1.165, 1.54) is 12.1 Å². The number of aliphatic carboxylic acids is 1. The van der Waals surface area contributed by atoms with Crippen molar-refractivity contribution in [2.45, 2.75) is 12.5 Å².